The lowest BCUT2D eigenvalue weighted by Gasteiger charge is -2.20. The molecule has 0 atom stereocenters. The molecule has 0 unspecified atom stereocenters. The van der Waals surface area contributed by atoms with Gasteiger partial charge in [-0.1, -0.05) is 27.4 Å². The van der Waals surface area contributed by atoms with Gasteiger partial charge in [0.1, 0.15) is 0 Å². The summed E-state index contributed by atoms with van der Waals surface area (Å²) >= 11 is 0. The summed E-state index contributed by atoms with van der Waals surface area (Å²) in [5.74, 6) is -0.554. The first-order valence-corrected chi connectivity index (χ1v) is 3.97. The molecule has 0 fully saturated rings. The Morgan fingerprint density at radius 2 is 2.17 bits per heavy atom. The fraction of sp³-hybridized carbons (Fsp3) is 0.667. The Hall–Kier alpha value is -0.830. The quantitative estimate of drug-likeness (QED) is 0.362. The normalized spacial score (nSPS) is 10.9. The van der Waals surface area contributed by atoms with Crippen molar-refractivity contribution in [1.29, 1.82) is 0 Å². The summed E-state index contributed by atoms with van der Waals surface area (Å²) in [5.41, 5.74) is 0.0431. The summed E-state index contributed by atoms with van der Waals surface area (Å²) in [5, 5.41) is 0. The van der Waals surface area contributed by atoms with Crippen molar-refractivity contribution in [3.05, 3.63) is 12.7 Å². The molecule has 3 heteroatoms. The van der Waals surface area contributed by atoms with Gasteiger partial charge in [0.05, 0.1) is 6.61 Å². The SMILES string of the molecule is C=CC(=O)OOCC(C)(C)CC. The van der Waals surface area contributed by atoms with Gasteiger partial charge in [-0.2, -0.15) is 4.89 Å². The number of rotatable bonds is 5. The second-order valence-electron chi connectivity index (χ2n) is 3.39. The van der Waals surface area contributed by atoms with Crippen LogP contribution in [0.25, 0.3) is 0 Å². The minimum atomic E-state index is -0.554. The van der Waals surface area contributed by atoms with Gasteiger partial charge in [-0.05, 0) is 11.8 Å². The highest BCUT2D eigenvalue weighted by atomic mass is 17.2. The molecule has 0 spiro atoms. The van der Waals surface area contributed by atoms with Crippen LogP contribution < -0.4 is 0 Å². The van der Waals surface area contributed by atoms with E-state index in [9.17, 15) is 4.79 Å². The van der Waals surface area contributed by atoms with Crippen molar-refractivity contribution in [2.45, 2.75) is 27.2 Å². The highest BCUT2D eigenvalue weighted by Crippen LogP contribution is 2.19. The molecule has 0 aromatic heterocycles. The van der Waals surface area contributed by atoms with Crippen molar-refractivity contribution >= 4 is 5.97 Å². The molecule has 0 aliphatic carbocycles. The smallest absolute Gasteiger partial charge is 0.294 e. The third-order valence-corrected chi connectivity index (χ3v) is 1.71. The van der Waals surface area contributed by atoms with Crippen LogP contribution >= 0.6 is 0 Å². The van der Waals surface area contributed by atoms with E-state index in [1.54, 1.807) is 0 Å². The lowest BCUT2D eigenvalue weighted by atomic mass is 9.92. The molecule has 0 aliphatic heterocycles. The van der Waals surface area contributed by atoms with E-state index in [0.29, 0.717) is 6.61 Å². The van der Waals surface area contributed by atoms with Gasteiger partial charge in [-0.25, -0.2) is 4.79 Å². The first-order chi connectivity index (χ1) is 5.52. The van der Waals surface area contributed by atoms with Crippen molar-refractivity contribution in [2.24, 2.45) is 5.41 Å². The number of hydrogen-bond donors (Lipinski definition) is 0. The van der Waals surface area contributed by atoms with Crippen molar-refractivity contribution < 1.29 is 14.6 Å². The van der Waals surface area contributed by atoms with Crippen LogP contribution in [-0.4, -0.2) is 12.6 Å². The van der Waals surface area contributed by atoms with Crippen LogP contribution in [0.3, 0.4) is 0 Å². The van der Waals surface area contributed by atoms with Gasteiger partial charge in [0, 0.05) is 6.08 Å². The van der Waals surface area contributed by atoms with Crippen LogP contribution in [0.4, 0.5) is 0 Å². The van der Waals surface area contributed by atoms with Gasteiger partial charge in [0.2, 0.25) is 0 Å². The lowest BCUT2D eigenvalue weighted by Crippen LogP contribution is -2.19. The number of carbonyl (C=O) groups excluding carboxylic acids is 1. The largest absolute Gasteiger partial charge is 0.365 e. The summed E-state index contributed by atoms with van der Waals surface area (Å²) in [6, 6.07) is 0. The topological polar surface area (TPSA) is 35.5 Å². The zero-order chi connectivity index (χ0) is 9.61. The highest BCUT2D eigenvalue weighted by Gasteiger charge is 2.16. The molecular formula is C9H16O3. The van der Waals surface area contributed by atoms with Crippen LogP contribution in [0, 0.1) is 5.41 Å². The predicted octanol–water partition coefficient (Wildman–Crippen LogP) is 2.08. The van der Waals surface area contributed by atoms with Gasteiger partial charge < -0.3 is 0 Å². The van der Waals surface area contributed by atoms with Crippen molar-refractivity contribution in [2.75, 3.05) is 6.61 Å². The molecule has 0 rings (SSSR count). The maximum atomic E-state index is 10.5. The maximum absolute atomic E-state index is 10.5. The van der Waals surface area contributed by atoms with Crippen LogP contribution in [0.15, 0.2) is 12.7 Å². The van der Waals surface area contributed by atoms with Gasteiger partial charge in [-0.3, -0.25) is 4.89 Å². The number of hydrogen-bond acceptors (Lipinski definition) is 3. The second kappa shape index (κ2) is 4.93. The molecule has 12 heavy (non-hydrogen) atoms. The van der Waals surface area contributed by atoms with E-state index in [-0.39, 0.29) is 5.41 Å². The molecule has 0 aromatic rings. The van der Waals surface area contributed by atoms with Crippen LogP contribution in [-0.2, 0) is 14.6 Å². The molecule has 3 nitrogen and oxygen atoms in total. The summed E-state index contributed by atoms with van der Waals surface area (Å²) in [4.78, 5) is 19.6. The van der Waals surface area contributed by atoms with Crippen LogP contribution in [0.5, 0.6) is 0 Å². The summed E-state index contributed by atoms with van der Waals surface area (Å²) in [6.45, 7) is 9.77. The minimum Gasteiger partial charge on any atom is -0.294 e. The fourth-order valence-electron chi connectivity index (χ4n) is 0.383. The number of carbonyl (C=O) groups is 1. The molecule has 0 bridgehead atoms. The summed E-state index contributed by atoms with van der Waals surface area (Å²) in [6.07, 6.45) is 2.04. The Morgan fingerprint density at radius 3 is 2.58 bits per heavy atom. The molecule has 0 amide bonds. The van der Waals surface area contributed by atoms with Gasteiger partial charge in [0.15, 0.2) is 0 Å². The first-order valence-electron chi connectivity index (χ1n) is 3.97. The standard InChI is InChI=1S/C9H16O3/c1-5-8(10)12-11-7-9(3,4)6-2/h5H,1,6-7H2,2-4H3. The van der Waals surface area contributed by atoms with E-state index in [2.05, 4.69) is 18.4 Å². The molecule has 0 saturated carbocycles. The van der Waals surface area contributed by atoms with E-state index >= 15 is 0 Å². The third kappa shape index (κ3) is 4.91. The zero-order valence-electron chi connectivity index (χ0n) is 7.92. The molecule has 0 aliphatic rings. The summed E-state index contributed by atoms with van der Waals surface area (Å²) in [7, 11) is 0. The van der Waals surface area contributed by atoms with Gasteiger partial charge in [-0.15, -0.1) is 0 Å². The van der Waals surface area contributed by atoms with Gasteiger partial charge >= 0.3 is 5.97 Å². The van der Waals surface area contributed by atoms with Crippen LogP contribution in [0.2, 0.25) is 0 Å². The Labute approximate surface area is 73.3 Å². The van der Waals surface area contributed by atoms with E-state index in [0.717, 1.165) is 12.5 Å². The Balaban J connectivity index is 3.56. The lowest BCUT2D eigenvalue weighted by molar-refractivity contribution is -0.279. The molecule has 0 N–H and O–H groups in total. The van der Waals surface area contributed by atoms with E-state index in [1.807, 2.05) is 13.8 Å². The Kier molecular flexibility index (Phi) is 4.59. The van der Waals surface area contributed by atoms with Gasteiger partial charge in [0.25, 0.3) is 0 Å². The average molecular weight is 172 g/mol. The minimum absolute atomic E-state index is 0.0431. The molecule has 0 radical (unpaired) electrons. The van der Waals surface area contributed by atoms with E-state index < -0.39 is 5.97 Å². The van der Waals surface area contributed by atoms with Crippen molar-refractivity contribution in [3.63, 3.8) is 0 Å². The molecule has 0 saturated heterocycles. The second-order valence-corrected chi connectivity index (χ2v) is 3.39. The first kappa shape index (κ1) is 11.2. The van der Waals surface area contributed by atoms with E-state index in [4.69, 9.17) is 4.89 Å². The monoisotopic (exact) mass is 172 g/mol. The zero-order valence-corrected chi connectivity index (χ0v) is 7.92. The Morgan fingerprint density at radius 1 is 1.58 bits per heavy atom. The fourth-order valence-corrected chi connectivity index (χ4v) is 0.383. The third-order valence-electron chi connectivity index (χ3n) is 1.71. The Bertz CT molecular complexity index is 161. The van der Waals surface area contributed by atoms with Crippen molar-refractivity contribution in [1.82, 2.24) is 0 Å². The molecule has 70 valence electrons. The highest BCUT2D eigenvalue weighted by molar-refractivity contribution is 5.80. The van der Waals surface area contributed by atoms with Crippen molar-refractivity contribution in [3.8, 4) is 0 Å². The summed E-state index contributed by atoms with van der Waals surface area (Å²) < 4.78 is 0. The molecular weight excluding hydrogens is 156 g/mol. The predicted molar refractivity (Wildman–Crippen MR) is 46.3 cm³/mol. The molecule has 0 heterocycles. The maximum Gasteiger partial charge on any atom is 0.365 e. The molecule has 0 aromatic carbocycles. The van der Waals surface area contributed by atoms with Crippen LogP contribution in [0.1, 0.15) is 27.2 Å². The average Bonchev–Trinajstić information content (AvgIpc) is 2.04. The van der Waals surface area contributed by atoms with E-state index in [1.165, 1.54) is 0 Å².